The van der Waals surface area contributed by atoms with Crippen LogP contribution < -0.4 is 0 Å². The summed E-state index contributed by atoms with van der Waals surface area (Å²) in [6.07, 6.45) is 0. The molecule has 0 aliphatic carbocycles. The molecule has 0 radical (unpaired) electrons. The molecule has 1 aliphatic rings. The van der Waals surface area contributed by atoms with Crippen molar-refractivity contribution in [3.05, 3.63) is 0 Å². The third-order valence-corrected chi connectivity index (χ3v) is 4.31. The average molecular weight is 234 g/mol. The lowest BCUT2D eigenvalue weighted by Gasteiger charge is -2.37. The van der Waals surface area contributed by atoms with Crippen molar-refractivity contribution in [2.24, 2.45) is 0 Å². The normalized spacial score (nSPS) is 26.8. The van der Waals surface area contributed by atoms with E-state index in [1.807, 2.05) is 18.2 Å². The fourth-order valence-electron chi connectivity index (χ4n) is 1.56. The van der Waals surface area contributed by atoms with Crippen LogP contribution in [-0.4, -0.2) is 55.5 Å². The van der Waals surface area contributed by atoms with E-state index < -0.39 is 23.0 Å². The predicted octanol–water partition coefficient (Wildman–Crippen LogP) is 0.107. The zero-order chi connectivity index (χ0) is 11.6. The Kier molecular flexibility index (Phi) is 4.24. The Balaban J connectivity index is 2.58. The van der Waals surface area contributed by atoms with E-state index in [-0.39, 0.29) is 6.04 Å². The number of carbonyl (C=O) groups is 1. The third kappa shape index (κ3) is 2.99. The van der Waals surface area contributed by atoms with E-state index in [0.717, 1.165) is 0 Å². The van der Waals surface area contributed by atoms with Crippen molar-refractivity contribution in [3.8, 4) is 0 Å². The quantitative estimate of drug-likeness (QED) is 0.753. The van der Waals surface area contributed by atoms with Gasteiger partial charge in [-0.05, 0) is 20.8 Å². The van der Waals surface area contributed by atoms with Gasteiger partial charge in [-0.25, -0.2) is 8.51 Å². The standard InChI is InChI=1S/C9H18N2O3S/c1-7(2)11-5-4-10(6-15(11)14)8(3)9(12)13/h7-8H,4-6H2,1-3H3,(H,12,13)/t8-,15?/m1/s1. The minimum atomic E-state index is -1.08. The summed E-state index contributed by atoms with van der Waals surface area (Å²) in [6, 6.07) is -0.309. The van der Waals surface area contributed by atoms with E-state index in [0.29, 0.717) is 19.0 Å². The largest absolute Gasteiger partial charge is 0.480 e. The molecular weight excluding hydrogens is 216 g/mol. The maximum atomic E-state index is 11.8. The highest BCUT2D eigenvalue weighted by atomic mass is 32.2. The summed E-state index contributed by atoms with van der Waals surface area (Å²) < 4.78 is 13.7. The number of carboxylic acids is 1. The summed E-state index contributed by atoms with van der Waals surface area (Å²) in [6.45, 7) is 6.95. The van der Waals surface area contributed by atoms with E-state index in [1.165, 1.54) is 0 Å². The molecule has 1 N–H and O–H groups in total. The first-order chi connectivity index (χ1) is 6.93. The molecule has 2 atom stereocenters. The predicted molar refractivity (Wildman–Crippen MR) is 58.7 cm³/mol. The van der Waals surface area contributed by atoms with Crippen molar-refractivity contribution < 1.29 is 14.1 Å². The van der Waals surface area contributed by atoms with Gasteiger partial charge in [-0.2, -0.15) is 0 Å². The first-order valence-corrected chi connectivity index (χ1v) is 6.33. The van der Waals surface area contributed by atoms with Crippen LogP contribution in [0.5, 0.6) is 0 Å². The molecule has 15 heavy (non-hydrogen) atoms. The number of hydrogen-bond donors (Lipinski definition) is 1. The van der Waals surface area contributed by atoms with E-state index in [4.69, 9.17) is 5.11 Å². The van der Waals surface area contributed by atoms with Crippen molar-refractivity contribution in [2.45, 2.75) is 32.9 Å². The zero-order valence-electron chi connectivity index (χ0n) is 9.34. The Bertz CT molecular complexity index is 270. The lowest BCUT2D eigenvalue weighted by molar-refractivity contribution is -0.142. The second-order valence-corrected chi connectivity index (χ2v) is 5.38. The number of nitrogens with zero attached hydrogens (tertiary/aromatic N) is 2. The highest BCUT2D eigenvalue weighted by Crippen LogP contribution is 2.13. The van der Waals surface area contributed by atoms with Gasteiger partial charge in [0.1, 0.15) is 17.0 Å². The van der Waals surface area contributed by atoms with Gasteiger partial charge in [0.15, 0.2) is 0 Å². The molecule has 1 rings (SSSR count). The molecule has 1 saturated heterocycles. The Morgan fingerprint density at radius 1 is 1.33 bits per heavy atom. The Hall–Kier alpha value is -0.460. The van der Waals surface area contributed by atoms with E-state index in [9.17, 15) is 9.00 Å². The molecule has 0 aromatic rings. The number of hydrogen-bond acceptors (Lipinski definition) is 3. The molecule has 88 valence electrons. The van der Waals surface area contributed by atoms with Crippen molar-refractivity contribution >= 4 is 17.0 Å². The van der Waals surface area contributed by atoms with Gasteiger partial charge in [0.25, 0.3) is 0 Å². The summed E-state index contributed by atoms with van der Waals surface area (Å²) in [4.78, 5) is 12.5. The van der Waals surface area contributed by atoms with Crippen LogP contribution in [0.25, 0.3) is 0 Å². The maximum absolute atomic E-state index is 11.8. The van der Waals surface area contributed by atoms with Gasteiger partial charge in [-0.3, -0.25) is 9.69 Å². The lowest BCUT2D eigenvalue weighted by atomic mass is 10.3. The minimum Gasteiger partial charge on any atom is -0.480 e. The smallest absolute Gasteiger partial charge is 0.320 e. The van der Waals surface area contributed by atoms with Gasteiger partial charge in [-0.1, -0.05) is 0 Å². The van der Waals surface area contributed by atoms with Gasteiger partial charge >= 0.3 is 5.97 Å². The molecule has 0 saturated carbocycles. The maximum Gasteiger partial charge on any atom is 0.320 e. The highest BCUT2D eigenvalue weighted by molar-refractivity contribution is 7.82. The monoisotopic (exact) mass is 234 g/mol. The van der Waals surface area contributed by atoms with Crippen LogP contribution in [0.4, 0.5) is 0 Å². The van der Waals surface area contributed by atoms with Crippen molar-refractivity contribution in [2.75, 3.05) is 19.0 Å². The Morgan fingerprint density at radius 3 is 2.33 bits per heavy atom. The van der Waals surface area contributed by atoms with E-state index in [1.54, 1.807) is 11.8 Å². The fourth-order valence-corrected chi connectivity index (χ4v) is 3.10. The molecule has 6 heteroatoms. The van der Waals surface area contributed by atoms with Crippen LogP contribution in [0.3, 0.4) is 0 Å². The molecule has 1 heterocycles. The van der Waals surface area contributed by atoms with Crippen LogP contribution in [0, 0.1) is 0 Å². The second-order valence-electron chi connectivity index (χ2n) is 4.01. The van der Waals surface area contributed by atoms with Crippen molar-refractivity contribution in [3.63, 3.8) is 0 Å². The third-order valence-electron chi connectivity index (χ3n) is 2.63. The highest BCUT2D eigenvalue weighted by Gasteiger charge is 2.30. The molecule has 1 fully saturated rings. The van der Waals surface area contributed by atoms with Crippen LogP contribution in [0.2, 0.25) is 0 Å². The molecule has 0 aromatic carbocycles. The molecule has 0 spiro atoms. The van der Waals surface area contributed by atoms with E-state index >= 15 is 0 Å². The lowest BCUT2D eigenvalue weighted by Crippen LogP contribution is -2.53. The average Bonchev–Trinajstić information content (AvgIpc) is 2.15. The first-order valence-electron chi connectivity index (χ1n) is 5.05. The fraction of sp³-hybridized carbons (Fsp3) is 0.889. The summed E-state index contributed by atoms with van der Waals surface area (Å²) in [5.41, 5.74) is 0. The van der Waals surface area contributed by atoms with Crippen molar-refractivity contribution in [1.29, 1.82) is 0 Å². The van der Waals surface area contributed by atoms with Gasteiger partial charge in [0, 0.05) is 19.1 Å². The van der Waals surface area contributed by atoms with Gasteiger partial charge in [0.05, 0.1) is 5.88 Å². The molecule has 0 aromatic heterocycles. The first kappa shape index (κ1) is 12.6. The summed E-state index contributed by atoms with van der Waals surface area (Å²) >= 11 is 0. The number of rotatable bonds is 3. The van der Waals surface area contributed by atoms with Crippen LogP contribution in [0.15, 0.2) is 0 Å². The van der Waals surface area contributed by atoms with Crippen LogP contribution in [-0.2, 0) is 15.8 Å². The minimum absolute atomic E-state index is 0.244. The zero-order valence-corrected chi connectivity index (χ0v) is 10.2. The number of carboxylic acid groups (broad SMARTS) is 1. The molecule has 1 aliphatic heterocycles. The van der Waals surface area contributed by atoms with Crippen LogP contribution in [0.1, 0.15) is 20.8 Å². The summed E-state index contributed by atoms with van der Waals surface area (Å²) in [7, 11) is -1.08. The van der Waals surface area contributed by atoms with Gasteiger partial charge in [-0.15, -0.1) is 0 Å². The Morgan fingerprint density at radius 2 is 1.93 bits per heavy atom. The Labute approximate surface area is 92.6 Å². The second kappa shape index (κ2) is 5.05. The topological polar surface area (TPSA) is 60.9 Å². The van der Waals surface area contributed by atoms with Gasteiger partial charge in [0.2, 0.25) is 0 Å². The summed E-state index contributed by atoms with van der Waals surface area (Å²) in [5.74, 6) is -0.531. The SMILES string of the molecule is CC(C)N1CCN([C@H](C)C(=O)O)CS1=O. The van der Waals surface area contributed by atoms with E-state index in [2.05, 4.69) is 0 Å². The number of aliphatic carboxylic acids is 1. The van der Waals surface area contributed by atoms with Crippen molar-refractivity contribution in [1.82, 2.24) is 9.21 Å². The van der Waals surface area contributed by atoms with Crippen LogP contribution >= 0.6 is 0 Å². The van der Waals surface area contributed by atoms with Gasteiger partial charge < -0.3 is 5.11 Å². The molecular formula is C9H18N2O3S. The summed E-state index contributed by atoms with van der Waals surface area (Å²) in [5, 5.41) is 8.84. The molecule has 1 unspecified atom stereocenters. The molecule has 0 bridgehead atoms. The molecule has 5 nitrogen and oxygen atoms in total. The molecule has 0 amide bonds.